The Bertz CT molecular complexity index is 569. The zero-order valence-corrected chi connectivity index (χ0v) is 15.1. The van der Waals surface area contributed by atoms with Gasteiger partial charge in [0, 0.05) is 5.57 Å². The summed E-state index contributed by atoms with van der Waals surface area (Å²) in [5, 5.41) is 9.25. The molecule has 0 heterocycles. The number of rotatable bonds is 3. The van der Waals surface area contributed by atoms with Crippen LogP contribution in [0.3, 0.4) is 0 Å². The first-order valence-corrected chi connectivity index (χ1v) is 8.85. The highest BCUT2D eigenvalue weighted by Gasteiger charge is 2.59. The molecule has 134 valence electrons. The van der Waals surface area contributed by atoms with E-state index in [9.17, 15) is 14.7 Å². The van der Waals surface area contributed by atoms with Crippen LogP contribution in [0.1, 0.15) is 66.2 Å². The van der Waals surface area contributed by atoms with Crippen molar-refractivity contribution in [3.8, 4) is 0 Å². The van der Waals surface area contributed by atoms with Crippen LogP contribution in [-0.2, 0) is 14.3 Å². The van der Waals surface area contributed by atoms with Gasteiger partial charge in [-0.1, -0.05) is 6.08 Å². The molecule has 0 aromatic carbocycles. The van der Waals surface area contributed by atoms with E-state index in [1.807, 2.05) is 26.8 Å². The summed E-state index contributed by atoms with van der Waals surface area (Å²) in [6.07, 6.45) is 6.99. The van der Waals surface area contributed by atoms with Crippen LogP contribution in [-0.4, -0.2) is 28.4 Å². The zero-order valence-electron chi connectivity index (χ0n) is 15.1. The van der Waals surface area contributed by atoms with Crippen LogP contribution in [0.4, 0.5) is 4.79 Å². The molecule has 24 heavy (non-hydrogen) atoms. The maximum absolute atomic E-state index is 12.2. The Morgan fingerprint density at radius 1 is 1.12 bits per heavy atom. The molecule has 4 aliphatic carbocycles. The maximum atomic E-state index is 12.2. The minimum absolute atomic E-state index is 0.144. The lowest BCUT2D eigenvalue weighted by atomic mass is 9.47. The summed E-state index contributed by atoms with van der Waals surface area (Å²) >= 11 is 0. The second-order valence-electron chi connectivity index (χ2n) is 9.21. The molecular formula is C19H28O5. The fourth-order valence-corrected chi connectivity index (χ4v) is 5.50. The van der Waals surface area contributed by atoms with Crippen LogP contribution >= 0.6 is 0 Å². The van der Waals surface area contributed by atoms with Crippen molar-refractivity contribution >= 4 is 12.1 Å². The third-order valence-electron chi connectivity index (χ3n) is 5.60. The average Bonchev–Trinajstić information content (AvgIpc) is 2.32. The Morgan fingerprint density at radius 2 is 1.71 bits per heavy atom. The fraction of sp³-hybridized carbons (Fsp3) is 0.789. The third kappa shape index (κ3) is 3.45. The molecule has 0 aromatic heterocycles. The van der Waals surface area contributed by atoms with Crippen LogP contribution in [0.15, 0.2) is 11.6 Å². The molecule has 2 unspecified atom stereocenters. The molecule has 1 N–H and O–H groups in total. The van der Waals surface area contributed by atoms with Gasteiger partial charge in [-0.25, -0.2) is 9.59 Å². The van der Waals surface area contributed by atoms with Crippen molar-refractivity contribution < 1.29 is 24.2 Å². The normalized spacial score (nSPS) is 38.1. The Labute approximate surface area is 143 Å². The van der Waals surface area contributed by atoms with Crippen LogP contribution < -0.4 is 0 Å². The topological polar surface area (TPSA) is 72.8 Å². The maximum Gasteiger partial charge on any atom is 0.509 e. The molecule has 4 fully saturated rings. The van der Waals surface area contributed by atoms with E-state index in [1.165, 1.54) is 6.42 Å². The predicted molar refractivity (Wildman–Crippen MR) is 88.6 cm³/mol. The molecular weight excluding hydrogens is 308 g/mol. The van der Waals surface area contributed by atoms with Crippen molar-refractivity contribution in [3.05, 3.63) is 11.6 Å². The third-order valence-corrected chi connectivity index (χ3v) is 5.60. The summed E-state index contributed by atoms with van der Waals surface area (Å²) in [5.74, 6) is 0.144. The van der Waals surface area contributed by atoms with E-state index >= 15 is 0 Å². The number of allylic oxidation sites excluding steroid dienone is 1. The van der Waals surface area contributed by atoms with E-state index in [0.717, 1.165) is 32.1 Å². The SMILES string of the molecule is CC(=CC12CC3CC(C1)CC(OC(=O)OC(C)(C)C)(C3)C2)C(=O)O. The van der Waals surface area contributed by atoms with Crippen molar-refractivity contribution in [2.24, 2.45) is 17.3 Å². The largest absolute Gasteiger partial charge is 0.509 e. The molecule has 0 aliphatic heterocycles. The number of hydrogen-bond donors (Lipinski definition) is 1. The van der Waals surface area contributed by atoms with E-state index in [1.54, 1.807) is 6.92 Å². The summed E-state index contributed by atoms with van der Waals surface area (Å²) in [7, 11) is 0. The number of carbonyl (C=O) groups is 2. The molecule has 0 spiro atoms. The second-order valence-corrected chi connectivity index (χ2v) is 9.21. The zero-order chi connectivity index (χ0) is 17.8. The number of hydrogen-bond acceptors (Lipinski definition) is 4. The molecule has 4 saturated carbocycles. The summed E-state index contributed by atoms with van der Waals surface area (Å²) in [6, 6.07) is 0. The highest BCUT2D eigenvalue weighted by molar-refractivity contribution is 5.85. The van der Waals surface area contributed by atoms with Crippen LogP contribution in [0.25, 0.3) is 0 Å². The van der Waals surface area contributed by atoms with Crippen molar-refractivity contribution in [2.45, 2.75) is 77.4 Å². The van der Waals surface area contributed by atoms with E-state index < -0.39 is 23.3 Å². The van der Waals surface area contributed by atoms with E-state index in [4.69, 9.17) is 9.47 Å². The Kier molecular flexibility index (Phi) is 3.97. The number of aliphatic carboxylic acids is 1. The first kappa shape index (κ1) is 17.3. The molecule has 0 saturated heterocycles. The van der Waals surface area contributed by atoms with Gasteiger partial charge >= 0.3 is 12.1 Å². The Morgan fingerprint density at radius 3 is 2.21 bits per heavy atom. The summed E-state index contributed by atoms with van der Waals surface area (Å²) in [6.45, 7) is 7.14. The lowest BCUT2D eigenvalue weighted by Crippen LogP contribution is -2.57. The highest BCUT2D eigenvalue weighted by atomic mass is 16.7. The van der Waals surface area contributed by atoms with E-state index in [-0.39, 0.29) is 5.41 Å². The lowest BCUT2D eigenvalue weighted by Gasteiger charge is -2.60. The van der Waals surface area contributed by atoms with Crippen LogP contribution in [0.2, 0.25) is 0 Å². The average molecular weight is 336 g/mol. The second kappa shape index (κ2) is 5.50. The van der Waals surface area contributed by atoms with Gasteiger partial charge in [-0.05, 0) is 83.5 Å². The molecule has 2 atom stereocenters. The van der Waals surface area contributed by atoms with Crippen molar-refractivity contribution in [3.63, 3.8) is 0 Å². The molecule has 0 amide bonds. The van der Waals surface area contributed by atoms with E-state index in [2.05, 4.69) is 0 Å². The van der Waals surface area contributed by atoms with Crippen LogP contribution in [0.5, 0.6) is 0 Å². The molecule has 0 aromatic rings. The number of ether oxygens (including phenoxy) is 2. The van der Waals surface area contributed by atoms with Crippen molar-refractivity contribution in [2.75, 3.05) is 0 Å². The molecule has 5 heteroatoms. The Balaban J connectivity index is 1.82. The van der Waals surface area contributed by atoms with Gasteiger partial charge in [-0.3, -0.25) is 0 Å². The van der Waals surface area contributed by atoms with E-state index in [0.29, 0.717) is 17.4 Å². The molecule has 5 nitrogen and oxygen atoms in total. The minimum atomic E-state index is -0.868. The van der Waals surface area contributed by atoms with Gasteiger partial charge < -0.3 is 14.6 Å². The fourth-order valence-electron chi connectivity index (χ4n) is 5.50. The first-order valence-electron chi connectivity index (χ1n) is 8.85. The molecule has 4 rings (SSSR count). The van der Waals surface area contributed by atoms with Gasteiger partial charge in [0.25, 0.3) is 0 Å². The van der Waals surface area contributed by atoms with Crippen LogP contribution in [0, 0.1) is 17.3 Å². The van der Waals surface area contributed by atoms with Gasteiger partial charge in [0.15, 0.2) is 0 Å². The van der Waals surface area contributed by atoms with Gasteiger partial charge in [0.1, 0.15) is 11.2 Å². The lowest BCUT2D eigenvalue weighted by molar-refractivity contribution is -0.168. The predicted octanol–water partition coefficient (Wildman–Crippen LogP) is 4.31. The van der Waals surface area contributed by atoms with Gasteiger partial charge in [-0.15, -0.1) is 0 Å². The molecule has 0 radical (unpaired) electrons. The summed E-state index contributed by atoms with van der Waals surface area (Å²) in [5.41, 5.74) is -0.808. The number of carbonyl (C=O) groups excluding carboxylic acids is 1. The van der Waals surface area contributed by atoms with Crippen molar-refractivity contribution in [1.29, 1.82) is 0 Å². The summed E-state index contributed by atoms with van der Waals surface area (Å²) < 4.78 is 11.2. The Hall–Kier alpha value is -1.52. The van der Waals surface area contributed by atoms with Crippen molar-refractivity contribution in [1.82, 2.24) is 0 Å². The number of carboxylic acid groups (broad SMARTS) is 1. The van der Waals surface area contributed by atoms with Gasteiger partial charge in [-0.2, -0.15) is 0 Å². The smallest absolute Gasteiger partial charge is 0.478 e. The van der Waals surface area contributed by atoms with Gasteiger partial charge in [0.2, 0.25) is 0 Å². The monoisotopic (exact) mass is 336 g/mol. The summed E-state index contributed by atoms with van der Waals surface area (Å²) in [4.78, 5) is 23.5. The van der Waals surface area contributed by atoms with Gasteiger partial charge in [0.05, 0.1) is 0 Å². The molecule has 4 bridgehead atoms. The number of carboxylic acids is 1. The molecule has 4 aliphatic rings. The minimum Gasteiger partial charge on any atom is -0.478 e. The standard InChI is InChI=1S/C19H28O5/c1-12(15(20)21)6-18-7-13-5-14(8-18)10-19(9-13,11-18)24-16(22)23-17(2,3)4/h6,13-14H,5,7-11H2,1-4H3,(H,20,21). The first-order chi connectivity index (χ1) is 11.0. The highest BCUT2D eigenvalue weighted by Crippen LogP contribution is 2.63. The quantitative estimate of drug-likeness (QED) is 0.614.